The number of rotatable bonds is 5. The molecule has 0 saturated heterocycles. The summed E-state index contributed by atoms with van der Waals surface area (Å²) in [6.07, 6.45) is 0.00662. The van der Waals surface area contributed by atoms with Crippen LogP contribution in [0.4, 0.5) is 0 Å². The number of carbonyl (C=O) groups is 2. The maximum Gasteiger partial charge on any atom is 0.333 e. The topological polar surface area (TPSA) is 55.4 Å². The van der Waals surface area contributed by atoms with Crippen molar-refractivity contribution >= 4 is 11.9 Å². The Balaban J connectivity index is 3.86. The number of nitrogens with one attached hydrogen (secondary N) is 1. The molecule has 0 radical (unpaired) electrons. The number of hydrogen-bond donors (Lipinski definition) is 1. The molecule has 4 heteroatoms. The van der Waals surface area contributed by atoms with Gasteiger partial charge >= 0.3 is 5.97 Å². The Kier molecular flexibility index (Phi) is 5.59. The second kappa shape index (κ2) is 6.22. The zero-order valence-corrected chi connectivity index (χ0v) is 8.05. The van der Waals surface area contributed by atoms with Crippen molar-refractivity contribution in [3.8, 4) is 0 Å². The van der Waals surface area contributed by atoms with E-state index in [0.717, 1.165) is 0 Å². The van der Waals surface area contributed by atoms with E-state index in [1.54, 1.807) is 6.92 Å². The monoisotopic (exact) mass is 185 g/mol. The number of hydrogen-bond acceptors (Lipinski definition) is 3. The van der Waals surface area contributed by atoms with E-state index in [0.29, 0.717) is 13.2 Å². The van der Waals surface area contributed by atoms with Crippen LogP contribution in [0.1, 0.15) is 20.3 Å². The van der Waals surface area contributed by atoms with Gasteiger partial charge in [0, 0.05) is 12.1 Å². The molecule has 0 saturated carbocycles. The summed E-state index contributed by atoms with van der Waals surface area (Å²) in [7, 11) is 0. The van der Waals surface area contributed by atoms with Gasteiger partial charge in [-0.2, -0.15) is 0 Å². The Hall–Kier alpha value is -1.32. The summed E-state index contributed by atoms with van der Waals surface area (Å²) in [6, 6.07) is 0. The molecule has 1 amide bonds. The molecule has 4 nitrogen and oxygen atoms in total. The van der Waals surface area contributed by atoms with Gasteiger partial charge in [0.2, 0.25) is 5.91 Å². The molecule has 0 aromatic carbocycles. The number of esters is 1. The average molecular weight is 185 g/mol. The lowest BCUT2D eigenvalue weighted by molar-refractivity contribution is -0.139. The molecule has 0 aromatic rings. The van der Waals surface area contributed by atoms with Crippen LogP contribution in [0.5, 0.6) is 0 Å². The van der Waals surface area contributed by atoms with Gasteiger partial charge in [0.15, 0.2) is 0 Å². The van der Waals surface area contributed by atoms with Crippen LogP contribution in [-0.2, 0) is 14.3 Å². The highest BCUT2D eigenvalue weighted by Gasteiger charge is 2.11. The van der Waals surface area contributed by atoms with Gasteiger partial charge in [-0.05, 0) is 13.8 Å². The van der Waals surface area contributed by atoms with E-state index in [4.69, 9.17) is 0 Å². The van der Waals surface area contributed by atoms with Crippen LogP contribution in [0.15, 0.2) is 12.2 Å². The zero-order chi connectivity index (χ0) is 10.3. The lowest BCUT2D eigenvalue weighted by atomic mass is 10.2. The summed E-state index contributed by atoms with van der Waals surface area (Å²) < 4.78 is 4.66. The molecular formula is C9H15NO3. The number of ether oxygens (including phenoxy) is 1. The summed E-state index contributed by atoms with van der Waals surface area (Å²) in [4.78, 5) is 22.0. The van der Waals surface area contributed by atoms with Crippen molar-refractivity contribution in [2.24, 2.45) is 0 Å². The highest BCUT2D eigenvalue weighted by atomic mass is 16.5. The Labute approximate surface area is 78.0 Å². The minimum Gasteiger partial charge on any atom is -0.463 e. The third-order valence-electron chi connectivity index (χ3n) is 1.31. The van der Waals surface area contributed by atoms with Gasteiger partial charge in [0.05, 0.1) is 13.0 Å². The van der Waals surface area contributed by atoms with Crippen LogP contribution in [-0.4, -0.2) is 25.0 Å². The molecule has 0 unspecified atom stereocenters. The zero-order valence-electron chi connectivity index (χ0n) is 8.05. The molecule has 74 valence electrons. The van der Waals surface area contributed by atoms with Crippen LogP contribution in [0.3, 0.4) is 0 Å². The van der Waals surface area contributed by atoms with Crippen molar-refractivity contribution in [3.63, 3.8) is 0 Å². The van der Waals surface area contributed by atoms with E-state index in [2.05, 4.69) is 16.6 Å². The molecule has 13 heavy (non-hydrogen) atoms. The van der Waals surface area contributed by atoms with E-state index in [1.807, 2.05) is 6.92 Å². The smallest absolute Gasteiger partial charge is 0.333 e. The standard InChI is InChI=1S/C9H15NO3/c1-4-10-8(11)6-7(3)9(12)13-5-2/h3-6H2,1-2H3,(H,10,11). The molecular weight excluding hydrogens is 170 g/mol. The third kappa shape index (κ3) is 5.00. The first kappa shape index (κ1) is 11.7. The molecule has 0 atom stereocenters. The normalized spacial score (nSPS) is 9.08. The second-order valence-corrected chi connectivity index (χ2v) is 2.45. The molecule has 0 rings (SSSR count). The van der Waals surface area contributed by atoms with E-state index in [-0.39, 0.29) is 17.9 Å². The lowest BCUT2D eigenvalue weighted by Crippen LogP contribution is -2.24. The fourth-order valence-electron chi connectivity index (χ4n) is 0.759. The molecule has 0 aliphatic heterocycles. The molecule has 0 fully saturated rings. The molecule has 0 aliphatic carbocycles. The first-order valence-electron chi connectivity index (χ1n) is 4.23. The summed E-state index contributed by atoms with van der Waals surface area (Å²) >= 11 is 0. The Morgan fingerprint density at radius 1 is 1.38 bits per heavy atom. The van der Waals surface area contributed by atoms with Crippen LogP contribution in [0.2, 0.25) is 0 Å². The number of amides is 1. The van der Waals surface area contributed by atoms with Crippen LogP contribution in [0.25, 0.3) is 0 Å². The van der Waals surface area contributed by atoms with Gasteiger partial charge in [-0.3, -0.25) is 4.79 Å². The number of carbonyl (C=O) groups excluding carboxylic acids is 2. The summed E-state index contributed by atoms with van der Waals surface area (Å²) in [5.41, 5.74) is 0.188. The van der Waals surface area contributed by atoms with Gasteiger partial charge in [0.25, 0.3) is 0 Å². The molecule has 0 bridgehead atoms. The van der Waals surface area contributed by atoms with Crippen molar-refractivity contribution in [2.45, 2.75) is 20.3 Å². The summed E-state index contributed by atoms with van der Waals surface area (Å²) in [5.74, 6) is -0.714. The van der Waals surface area contributed by atoms with E-state index >= 15 is 0 Å². The predicted octanol–water partition coefficient (Wildman–Crippen LogP) is 0.632. The minimum absolute atomic E-state index is 0.00662. The first-order chi connectivity index (χ1) is 6.11. The van der Waals surface area contributed by atoms with Crippen LogP contribution >= 0.6 is 0 Å². The minimum atomic E-state index is -0.506. The van der Waals surface area contributed by atoms with Crippen molar-refractivity contribution in [1.82, 2.24) is 5.32 Å². The molecule has 0 aliphatic rings. The van der Waals surface area contributed by atoms with Crippen molar-refractivity contribution in [1.29, 1.82) is 0 Å². The van der Waals surface area contributed by atoms with Crippen LogP contribution in [0, 0.1) is 0 Å². The SMILES string of the molecule is C=C(CC(=O)NCC)C(=O)OCC. The highest BCUT2D eigenvalue weighted by molar-refractivity contribution is 5.94. The van der Waals surface area contributed by atoms with Gasteiger partial charge in [-0.1, -0.05) is 6.58 Å². The Bertz CT molecular complexity index is 211. The summed E-state index contributed by atoms with van der Waals surface area (Å²) in [6.45, 7) is 7.83. The quantitative estimate of drug-likeness (QED) is 0.505. The molecule has 0 aromatic heterocycles. The van der Waals surface area contributed by atoms with Crippen molar-refractivity contribution in [2.75, 3.05) is 13.2 Å². The average Bonchev–Trinajstić information content (AvgIpc) is 2.05. The molecule has 0 heterocycles. The Morgan fingerprint density at radius 2 is 2.00 bits per heavy atom. The van der Waals surface area contributed by atoms with E-state index < -0.39 is 5.97 Å². The van der Waals surface area contributed by atoms with Crippen molar-refractivity contribution < 1.29 is 14.3 Å². The fraction of sp³-hybridized carbons (Fsp3) is 0.556. The lowest BCUT2D eigenvalue weighted by Gasteiger charge is -2.04. The molecule has 0 spiro atoms. The predicted molar refractivity (Wildman–Crippen MR) is 49.1 cm³/mol. The third-order valence-corrected chi connectivity index (χ3v) is 1.31. The second-order valence-electron chi connectivity index (χ2n) is 2.45. The van der Waals surface area contributed by atoms with Gasteiger partial charge in [0.1, 0.15) is 0 Å². The van der Waals surface area contributed by atoms with Crippen molar-refractivity contribution in [3.05, 3.63) is 12.2 Å². The van der Waals surface area contributed by atoms with Gasteiger partial charge in [-0.15, -0.1) is 0 Å². The summed E-state index contributed by atoms with van der Waals surface area (Å²) in [5, 5.41) is 2.57. The van der Waals surface area contributed by atoms with E-state index in [9.17, 15) is 9.59 Å². The van der Waals surface area contributed by atoms with Gasteiger partial charge < -0.3 is 10.1 Å². The fourth-order valence-corrected chi connectivity index (χ4v) is 0.759. The maximum atomic E-state index is 11.0. The van der Waals surface area contributed by atoms with E-state index in [1.165, 1.54) is 0 Å². The van der Waals surface area contributed by atoms with Gasteiger partial charge in [-0.25, -0.2) is 4.79 Å². The Morgan fingerprint density at radius 3 is 2.46 bits per heavy atom. The largest absolute Gasteiger partial charge is 0.463 e. The first-order valence-corrected chi connectivity index (χ1v) is 4.23. The molecule has 1 N–H and O–H groups in total. The maximum absolute atomic E-state index is 11.0. The highest BCUT2D eigenvalue weighted by Crippen LogP contribution is 2.00. The van der Waals surface area contributed by atoms with Crippen LogP contribution < -0.4 is 5.32 Å².